The first-order valence-electron chi connectivity index (χ1n) is 8.93. The molecule has 144 valence electrons. The van der Waals surface area contributed by atoms with Crippen LogP contribution in [0.1, 0.15) is 67.2 Å². The van der Waals surface area contributed by atoms with E-state index in [9.17, 15) is 10.2 Å². The van der Waals surface area contributed by atoms with Gasteiger partial charge in [-0.15, -0.1) is 0 Å². The van der Waals surface area contributed by atoms with Crippen LogP contribution in [0.15, 0.2) is 46.6 Å². The summed E-state index contributed by atoms with van der Waals surface area (Å²) in [7, 11) is 0. The second-order valence-corrected chi connectivity index (χ2v) is 6.91. The molecule has 0 bridgehead atoms. The fourth-order valence-corrected chi connectivity index (χ4v) is 2.01. The summed E-state index contributed by atoms with van der Waals surface area (Å²) >= 11 is 0. The number of rotatable bonds is 12. The molecule has 0 aromatic heterocycles. The van der Waals surface area contributed by atoms with E-state index in [1.54, 1.807) is 0 Å². The monoisotopic (exact) mass is 352 g/mol. The molecule has 0 radical (unpaired) electrons. The van der Waals surface area contributed by atoms with Gasteiger partial charge in [-0.05, 0) is 67.2 Å². The van der Waals surface area contributed by atoms with Gasteiger partial charge in [-0.25, -0.2) is 0 Å². The zero-order valence-electron chi connectivity index (χ0n) is 16.8. The van der Waals surface area contributed by atoms with E-state index in [0.717, 1.165) is 36.8 Å². The average molecular weight is 353 g/mol. The smallest absolute Gasteiger partial charge is 0.319 e. The lowest BCUT2D eigenvalue weighted by molar-refractivity contribution is -0.465. The number of hydrogen-bond acceptors (Lipinski definition) is 4. The van der Waals surface area contributed by atoms with Crippen molar-refractivity contribution in [1.82, 2.24) is 0 Å². The first-order valence-corrected chi connectivity index (χ1v) is 8.93. The van der Waals surface area contributed by atoms with Gasteiger partial charge in [0.2, 0.25) is 0 Å². The summed E-state index contributed by atoms with van der Waals surface area (Å²) in [5, 5.41) is 19.3. The Morgan fingerprint density at radius 1 is 0.680 bits per heavy atom. The van der Waals surface area contributed by atoms with Crippen LogP contribution >= 0.6 is 0 Å². The standard InChI is InChI=1S/C21H36O4/c1-17(2)9-7-11-19(5)13-15-24-21(22,23)25-16-14-20(6)12-8-10-18(3)4/h9-10,13-14,22-23H,7-8,11-12,15-16H2,1-6H3. The Labute approximate surface area is 153 Å². The van der Waals surface area contributed by atoms with Crippen LogP contribution in [0.2, 0.25) is 0 Å². The van der Waals surface area contributed by atoms with Crippen LogP contribution in [0, 0.1) is 0 Å². The molecule has 0 spiro atoms. The van der Waals surface area contributed by atoms with Crippen molar-refractivity contribution in [1.29, 1.82) is 0 Å². The van der Waals surface area contributed by atoms with Crippen LogP contribution in [0.3, 0.4) is 0 Å². The molecule has 0 aromatic carbocycles. The summed E-state index contributed by atoms with van der Waals surface area (Å²) in [6.07, 6.45) is 9.26. The van der Waals surface area contributed by atoms with E-state index < -0.39 is 6.16 Å². The van der Waals surface area contributed by atoms with Crippen molar-refractivity contribution in [2.45, 2.75) is 73.4 Å². The minimum Gasteiger partial charge on any atom is -0.319 e. The molecule has 4 heteroatoms. The molecule has 25 heavy (non-hydrogen) atoms. The predicted octanol–water partition coefficient (Wildman–Crippen LogP) is 5.00. The fourth-order valence-electron chi connectivity index (χ4n) is 2.01. The number of hydrogen-bond donors (Lipinski definition) is 2. The Hall–Kier alpha value is -1.20. The third-order valence-corrected chi connectivity index (χ3v) is 3.59. The molecule has 0 heterocycles. The zero-order valence-corrected chi connectivity index (χ0v) is 16.8. The van der Waals surface area contributed by atoms with Gasteiger partial charge in [-0.1, -0.05) is 46.6 Å². The van der Waals surface area contributed by atoms with Gasteiger partial charge in [0.15, 0.2) is 0 Å². The topological polar surface area (TPSA) is 58.9 Å². The van der Waals surface area contributed by atoms with Gasteiger partial charge in [0, 0.05) is 0 Å². The summed E-state index contributed by atoms with van der Waals surface area (Å²) in [6, 6.07) is 0. The molecule has 0 saturated carbocycles. The maximum Gasteiger partial charge on any atom is 0.408 e. The molecule has 0 saturated heterocycles. The van der Waals surface area contributed by atoms with E-state index in [1.165, 1.54) is 11.1 Å². The van der Waals surface area contributed by atoms with Gasteiger partial charge < -0.3 is 10.2 Å². The quantitative estimate of drug-likeness (QED) is 0.383. The Morgan fingerprint density at radius 2 is 1.04 bits per heavy atom. The largest absolute Gasteiger partial charge is 0.408 e. The van der Waals surface area contributed by atoms with E-state index in [1.807, 2.05) is 26.0 Å². The second kappa shape index (κ2) is 13.1. The first-order chi connectivity index (χ1) is 11.6. The molecule has 0 unspecified atom stereocenters. The average Bonchev–Trinajstić information content (AvgIpc) is 2.45. The molecule has 0 aliphatic carbocycles. The molecular weight excluding hydrogens is 316 g/mol. The summed E-state index contributed by atoms with van der Waals surface area (Å²) in [6.45, 7) is 12.5. The highest BCUT2D eigenvalue weighted by Gasteiger charge is 2.24. The lowest BCUT2D eigenvalue weighted by Gasteiger charge is -2.20. The molecule has 0 fully saturated rings. The Kier molecular flexibility index (Phi) is 12.4. The van der Waals surface area contributed by atoms with E-state index in [-0.39, 0.29) is 13.2 Å². The summed E-state index contributed by atoms with van der Waals surface area (Å²) in [5.74, 6) is 0. The van der Waals surface area contributed by atoms with E-state index in [2.05, 4.69) is 39.8 Å². The van der Waals surface area contributed by atoms with Crippen LogP contribution in [-0.4, -0.2) is 29.6 Å². The summed E-state index contributed by atoms with van der Waals surface area (Å²) < 4.78 is 9.96. The first kappa shape index (κ1) is 23.8. The van der Waals surface area contributed by atoms with E-state index in [4.69, 9.17) is 9.47 Å². The van der Waals surface area contributed by atoms with Crippen LogP contribution in [0.5, 0.6) is 0 Å². The molecular formula is C21H36O4. The van der Waals surface area contributed by atoms with Crippen LogP contribution in [0.25, 0.3) is 0 Å². The SMILES string of the molecule is CC(C)=CCCC(C)=CCOC(O)(O)OCC=C(C)CCC=C(C)C. The van der Waals surface area contributed by atoms with Gasteiger partial charge in [0.25, 0.3) is 0 Å². The molecule has 0 aliphatic rings. The van der Waals surface area contributed by atoms with Crippen molar-refractivity contribution in [2.75, 3.05) is 13.2 Å². The maximum absolute atomic E-state index is 9.67. The lowest BCUT2D eigenvalue weighted by Crippen LogP contribution is -2.35. The number of allylic oxidation sites excluding steroid dienone is 6. The molecule has 4 nitrogen and oxygen atoms in total. The molecule has 0 aliphatic heterocycles. The highest BCUT2D eigenvalue weighted by Crippen LogP contribution is 2.11. The molecule has 0 rings (SSSR count). The number of aliphatic hydroxyl groups is 2. The van der Waals surface area contributed by atoms with Crippen molar-refractivity contribution in [3.05, 3.63) is 46.6 Å². The second-order valence-electron chi connectivity index (χ2n) is 6.91. The van der Waals surface area contributed by atoms with Crippen molar-refractivity contribution >= 4 is 0 Å². The van der Waals surface area contributed by atoms with Crippen molar-refractivity contribution in [3.63, 3.8) is 0 Å². The van der Waals surface area contributed by atoms with Crippen LogP contribution in [0.4, 0.5) is 0 Å². The molecule has 0 aromatic rings. The van der Waals surface area contributed by atoms with Crippen molar-refractivity contribution in [2.24, 2.45) is 0 Å². The summed E-state index contributed by atoms with van der Waals surface area (Å²) in [4.78, 5) is 0. The Balaban J connectivity index is 4.11. The maximum atomic E-state index is 9.67. The number of ether oxygens (including phenoxy) is 2. The third-order valence-electron chi connectivity index (χ3n) is 3.59. The summed E-state index contributed by atoms with van der Waals surface area (Å²) in [5.41, 5.74) is 4.88. The van der Waals surface area contributed by atoms with Gasteiger partial charge in [-0.2, -0.15) is 0 Å². The molecule has 0 atom stereocenters. The molecule has 0 amide bonds. The van der Waals surface area contributed by atoms with Crippen LogP contribution < -0.4 is 0 Å². The van der Waals surface area contributed by atoms with Gasteiger partial charge in [0.1, 0.15) is 0 Å². The van der Waals surface area contributed by atoms with Crippen LogP contribution in [-0.2, 0) is 9.47 Å². The zero-order chi connectivity index (χ0) is 19.3. The minimum atomic E-state index is -2.56. The Bertz CT molecular complexity index is 444. The van der Waals surface area contributed by atoms with Gasteiger partial charge in [-0.3, -0.25) is 9.47 Å². The normalized spacial score (nSPS) is 13.0. The highest BCUT2D eigenvalue weighted by atomic mass is 16.9. The lowest BCUT2D eigenvalue weighted by atomic mass is 10.1. The molecule has 2 N–H and O–H groups in total. The minimum absolute atomic E-state index is 0.0942. The fraction of sp³-hybridized carbons (Fsp3) is 0.619. The van der Waals surface area contributed by atoms with Gasteiger partial charge >= 0.3 is 6.16 Å². The third kappa shape index (κ3) is 16.0. The van der Waals surface area contributed by atoms with Crippen molar-refractivity contribution < 1.29 is 19.7 Å². The van der Waals surface area contributed by atoms with Crippen molar-refractivity contribution in [3.8, 4) is 0 Å². The Morgan fingerprint density at radius 3 is 1.36 bits per heavy atom. The highest BCUT2D eigenvalue weighted by molar-refractivity contribution is 5.03. The van der Waals surface area contributed by atoms with Gasteiger partial charge in [0.05, 0.1) is 13.2 Å². The predicted molar refractivity (Wildman–Crippen MR) is 104 cm³/mol. The van der Waals surface area contributed by atoms with E-state index in [0.29, 0.717) is 0 Å². The van der Waals surface area contributed by atoms with E-state index >= 15 is 0 Å².